The summed E-state index contributed by atoms with van der Waals surface area (Å²) in [6, 6.07) is 2.11. The van der Waals surface area contributed by atoms with E-state index in [0.717, 1.165) is 5.65 Å². The maximum absolute atomic E-state index is 4.28. The Morgan fingerprint density at radius 1 is 1.21 bits per heavy atom. The Morgan fingerprint density at radius 2 is 1.93 bits per heavy atom. The molecule has 0 aliphatic rings. The topological polar surface area (TPSA) is 30.2 Å². The van der Waals surface area contributed by atoms with Crippen molar-refractivity contribution < 1.29 is 0 Å². The average molecular weight is 189 g/mol. The molecule has 74 valence electrons. The van der Waals surface area contributed by atoms with E-state index in [1.807, 2.05) is 4.52 Å². The van der Waals surface area contributed by atoms with Crippen LogP contribution in [0.1, 0.15) is 32.0 Å². The molecule has 0 aromatic carbocycles. The highest BCUT2D eigenvalue weighted by atomic mass is 15.2. The molecule has 0 bridgehead atoms. The summed E-state index contributed by atoms with van der Waals surface area (Å²) in [6.07, 6.45) is 3.44. The maximum atomic E-state index is 4.28. The normalized spacial score (nSPS) is 12.3. The van der Waals surface area contributed by atoms with Crippen LogP contribution in [0.15, 0.2) is 18.5 Å². The van der Waals surface area contributed by atoms with Crippen LogP contribution in [0.5, 0.6) is 0 Å². The zero-order valence-electron chi connectivity index (χ0n) is 9.07. The summed E-state index contributed by atoms with van der Waals surface area (Å²) in [5, 5.41) is 4.27. The minimum absolute atomic E-state index is 0.152. The van der Waals surface area contributed by atoms with Gasteiger partial charge in [0.25, 0.3) is 0 Å². The van der Waals surface area contributed by atoms with Gasteiger partial charge in [-0.2, -0.15) is 5.10 Å². The number of aryl methyl sites for hydroxylation is 1. The Labute approximate surface area is 83.8 Å². The van der Waals surface area contributed by atoms with E-state index in [4.69, 9.17) is 0 Å². The predicted molar refractivity (Wildman–Crippen MR) is 56.4 cm³/mol. The highest BCUT2D eigenvalue weighted by Gasteiger charge is 2.19. The fourth-order valence-corrected chi connectivity index (χ4v) is 1.78. The Morgan fingerprint density at radius 3 is 2.50 bits per heavy atom. The zero-order valence-corrected chi connectivity index (χ0v) is 9.07. The van der Waals surface area contributed by atoms with Crippen LogP contribution in [0.3, 0.4) is 0 Å². The van der Waals surface area contributed by atoms with Crippen molar-refractivity contribution in [2.75, 3.05) is 0 Å². The highest BCUT2D eigenvalue weighted by molar-refractivity contribution is 5.47. The van der Waals surface area contributed by atoms with E-state index < -0.39 is 0 Å². The molecule has 0 spiro atoms. The molecule has 2 aromatic rings. The third-order valence-corrected chi connectivity index (χ3v) is 2.46. The quantitative estimate of drug-likeness (QED) is 0.636. The van der Waals surface area contributed by atoms with E-state index in [-0.39, 0.29) is 5.41 Å². The van der Waals surface area contributed by atoms with Crippen LogP contribution >= 0.6 is 0 Å². The van der Waals surface area contributed by atoms with Gasteiger partial charge in [0.05, 0.1) is 6.20 Å². The fraction of sp³-hybridized carbons (Fsp3) is 0.455. The molecule has 2 rings (SSSR count). The van der Waals surface area contributed by atoms with Gasteiger partial charge < -0.3 is 0 Å². The van der Waals surface area contributed by atoms with Crippen LogP contribution in [0.2, 0.25) is 0 Å². The minimum Gasteiger partial charge on any atom is -0.235 e. The van der Waals surface area contributed by atoms with Crippen LogP contribution in [0.25, 0.3) is 5.65 Å². The second-order valence-electron chi connectivity index (χ2n) is 4.61. The first kappa shape index (κ1) is 9.19. The van der Waals surface area contributed by atoms with E-state index >= 15 is 0 Å². The van der Waals surface area contributed by atoms with Crippen LogP contribution in [0, 0.1) is 6.92 Å². The average Bonchev–Trinajstić information content (AvgIpc) is 2.44. The summed E-state index contributed by atoms with van der Waals surface area (Å²) in [6.45, 7) is 8.70. The number of hydrogen-bond acceptors (Lipinski definition) is 2. The van der Waals surface area contributed by atoms with Gasteiger partial charge in [0.1, 0.15) is 0 Å². The van der Waals surface area contributed by atoms with Crippen LogP contribution in [0.4, 0.5) is 0 Å². The van der Waals surface area contributed by atoms with Crippen molar-refractivity contribution in [2.45, 2.75) is 33.1 Å². The van der Waals surface area contributed by atoms with Crippen molar-refractivity contribution >= 4 is 5.65 Å². The van der Waals surface area contributed by atoms with Gasteiger partial charge in [-0.05, 0) is 24.0 Å². The van der Waals surface area contributed by atoms with Crippen LogP contribution in [-0.2, 0) is 5.41 Å². The van der Waals surface area contributed by atoms with Gasteiger partial charge in [-0.3, -0.25) is 0 Å². The van der Waals surface area contributed by atoms with E-state index in [9.17, 15) is 0 Å². The first-order valence-electron chi connectivity index (χ1n) is 4.80. The molecule has 14 heavy (non-hydrogen) atoms. The van der Waals surface area contributed by atoms with Crippen molar-refractivity contribution in [3.63, 3.8) is 0 Å². The molecule has 2 aromatic heterocycles. The number of fused-ring (bicyclic) bond motifs is 1. The molecule has 0 aliphatic heterocycles. The van der Waals surface area contributed by atoms with Crippen molar-refractivity contribution in [3.05, 3.63) is 29.7 Å². The Hall–Kier alpha value is -1.38. The number of hydrogen-bond donors (Lipinski definition) is 0. The standard InChI is InChI=1S/C11H15N3/c1-8-9(11(2,3)4)7-10-12-5-6-13-14(8)10/h5-7H,1-4H3. The molecule has 0 radical (unpaired) electrons. The minimum atomic E-state index is 0.152. The summed E-state index contributed by atoms with van der Waals surface area (Å²) >= 11 is 0. The van der Waals surface area contributed by atoms with Crippen molar-refractivity contribution in [1.82, 2.24) is 14.6 Å². The van der Waals surface area contributed by atoms with Gasteiger partial charge >= 0.3 is 0 Å². The molecule has 0 aliphatic carbocycles. The Balaban J connectivity index is 2.75. The van der Waals surface area contributed by atoms with Crippen molar-refractivity contribution in [1.29, 1.82) is 0 Å². The molecule has 2 heterocycles. The third kappa shape index (κ3) is 1.29. The van der Waals surface area contributed by atoms with Gasteiger partial charge in [0, 0.05) is 11.9 Å². The second kappa shape index (κ2) is 2.80. The number of rotatable bonds is 0. The molecular weight excluding hydrogens is 174 g/mol. The molecule has 0 unspecified atom stereocenters. The van der Waals surface area contributed by atoms with E-state index in [0.29, 0.717) is 0 Å². The Kier molecular flexibility index (Phi) is 1.84. The first-order valence-corrected chi connectivity index (χ1v) is 4.80. The van der Waals surface area contributed by atoms with Crippen LogP contribution < -0.4 is 0 Å². The second-order valence-corrected chi connectivity index (χ2v) is 4.61. The van der Waals surface area contributed by atoms with E-state index in [2.05, 4.69) is 43.8 Å². The highest BCUT2D eigenvalue weighted by Crippen LogP contribution is 2.27. The number of aromatic nitrogens is 3. The smallest absolute Gasteiger partial charge is 0.153 e. The summed E-state index contributed by atoms with van der Waals surface area (Å²) in [4.78, 5) is 4.28. The molecule has 0 N–H and O–H groups in total. The lowest BCUT2D eigenvalue weighted by Crippen LogP contribution is -2.11. The first-order chi connectivity index (χ1) is 6.50. The van der Waals surface area contributed by atoms with Crippen molar-refractivity contribution in [2.24, 2.45) is 0 Å². The Bertz CT molecular complexity index is 463. The van der Waals surface area contributed by atoms with E-state index in [1.54, 1.807) is 12.4 Å². The largest absolute Gasteiger partial charge is 0.235 e. The summed E-state index contributed by atoms with van der Waals surface area (Å²) < 4.78 is 1.89. The van der Waals surface area contributed by atoms with E-state index in [1.165, 1.54) is 11.3 Å². The number of nitrogens with zero attached hydrogens (tertiary/aromatic N) is 3. The molecule has 3 heteroatoms. The lowest BCUT2D eigenvalue weighted by Gasteiger charge is -2.17. The molecule has 0 saturated heterocycles. The lowest BCUT2D eigenvalue weighted by atomic mass is 9.87. The summed E-state index contributed by atoms with van der Waals surface area (Å²) in [7, 11) is 0. The van der Waals surface area contributed by atoms with Gasteiger partial charge in [0.2, 0.25) is 0 Å². The molecule has 0 amide bonds. The fourth-order valence-electron chi connectivity index (χ4n) is 1.78. The van der Waals surface area contributed by atoms with Gasteiger partial charge in [-0.15, -0.1) is 0 Å². The van der Waals surface area contributed by atoms with Crippen molar-refractivity contribution in [3.8, 4) is 0 Å². The third-order valence-electron chi connectivity index (χ3n) is 2.46. The molecule has 3 nitrogen and oxygen atoms in total. The van der Waals surface area contributed by atoms with Gasteiger partial charge in [0.15, 0.2) is 5.65 Å². The summed E-state index contributed by atoms with van der Waals surface area (Å²) in [5.41, 5.74) is 3.57. The van der Waals surface area contributed by atoms with Gasteiger partial charge in [-0.1, -0.05) is 20.8 Å². The van der Waals surface area contributed by atoms with Crippen LogP contribution in [-0.4, -0.2) is 14.6 Å². The molecule has 0 fully saturated rings. The summed E-state index contributed by atoms with van der Waals surface area (Å²) in [5.74, 6) is 0. The monoisotopic (exact) mass is 189 g/mol. The SMILES string of the molecule is Cc1c(C(C)(C)C)cc2nccnn12. The molecule has 0 atom stereocenters. The molecular formula is C11H15N3. The van der Waals surface area contributed by atoms with Gasteiger partial charge in [-0.25, -0.2) is 9.50 Å². The molecule has 0 saturated carbocycles. The predicted octanol–water partition coefficient (Wildman–Crippen LogP) is 2.34. The lowest BCUT2D eigenvalue weighted by molar-refractivity contribution is 0.584. The maximum Gasteiger partial charge on any atom is 0.153 e. The zero-order chi connectivity index (χ0) is 10.3.